The monoisotopic (exact) mass is 341 g/mol. The summed E-state index contributed by atoms with van der Waals surface area (Å²) < 4.78 is 32.6. The Kier molecular flexibility index (Phi) is 5.28. The Bertz CT molecular complexity index is 682. The van der Waals surface area contributed by atoms with Gasteiger partial charge in [0.15, 0.2) is 0 Å². The highest BCUT2D eigenvalue weighted by molar-refractivity contribution is 7.89. The normalized spacial score (nSPS) is 21.8. The first kappa shape index (κ1) is 17.7. The van der Waals surface area contributed by atoms with E-state index in [9.17, 15) is 13.2 Å². The van der Waals surface area contributed by atoms with Crippen LogP contribution < -0.4 is 20.5 Å². The molecule has 1 aromatic carbocycles. The SMILES string of the molecule is COc1ccc(S(=O)(=O)NCC2(C)CCCNC2)cc1C(N)=O. The Labute approximate surface area is 136 Å². The van der Waals surface area contributed by atoms with Crippen molar-refractivity contribution in [1.29, 1.82) is 0 Å². The molecule has 0 aromatic heterocycles. The minimum absolute atomic E-state index is 0.000492. The summed E-state index contributed by atoms with van der Waals surface area (Å²) in [5, 5.41) is 3.28. The number of hydrogen-bond acceptors (Lipinski definition) is 5. The number of methoxy groups -OCH3 is 1. The fourth-order valence-electron chi connectivity index (χ4n) is 2.67. The van der Waals surface area contributed by atoms with E-state index >= 15 is 0 Å². The van der Waals surface area contributed by atoms with Gasteiger partial charge in [0.25, 0.3) is 5.91 Å². The predicted molar refractivity (Wildman–Crippen MR) is 86.9 cm³/mol. The molecule has 0 bridgehead atoms. The van der Waals surface area contributed by atoms with Crippen LogP contribution in [0.5, 0.6) is 5.75 Å². The summed E-state index contributed by atoms with van der Waals surface area (Å²) in [4.78, 5) is 11.4. The number of carbonyl (C=O) groups excluding carboxylic acids is 1. The molecular weight excluding hydrogens is 318 g/mol. The number of rotatable bonds is 6. The van der Waals surface area contributed by atoms with Gasteiger partial charge < -0.3 is 15.8 Å². The molecule has 2 rings (SSSR count). The lowest BCUT2D eigenvalue weighted by molar-refractivity contribution is 0.0997. The van der Waals surface area contributed by atoms with Crippen LogP contribution in [-0.2, 0) is 10.0 Å². The lowest BCUT2D eigenvalue weighted by Gasteiger charge is -2.34. The standard InChI is InChI=1S/C15H23N3O4S/c1-15(6-3-7-17-9-15)10-18-23(20,21)11-4-5-13(22-2)12(8-11)14(16)19/h4-5,8,17-18H,3,6-7,9-10H2,1-2H3,(H2,16,19). The van der Waals surface area contributed by atoms with Crippen LogP contribution in [0.3, 0.4) is 0 Å². The molecule has 1 aliphatic rings. The first-order chi connectivity index (χ1) is 10.8. The summed E-state index contributed by atoms with van der Waals surface area (Å²) in [6, 6.07) is 4.07. The molecule has 0 radical (unpaired) electrons. The molecule has 8 heteroatoms. The van der Waals surface area contributed by atoms with Crippen LogP contribution in [0, 0.1) is 5.41 Å². The number of benzene rings is 1. The van der Waals surface area contributed by atoms with Crippen LogP contribution in [0.15, 0.2) is 23.1 Å². The van der Waals surface area contributed by atoms with E-state index in [1.54, 1.807) is 0 Å². The molecule has 1 unspecified atom stereocenters. The zero-order valence-corrected chi connectivity index (χ0v) is 14.2. The molecular formula is C15H23N3O4S. The number of amides is 1. The van der Waals surface area contributed by atoms with E-state index in [-0.39, 0.29) is 21.6 Å². The molecule has 1 aliphatic heterocycles. The molecule has 4 N–H and O–H groups in total. The molecule has 0 aliphatic carbocycles. The first-order valence-electron chi connectivity index (χ1n) is 7.46. The third-order valence-corrected chi connectivity index (χ3v) is 5.52. The van der Waals surface area contributed by atoms with Gasteiger partial charge in [0, 0.05) is 13.1 Å². The van der Waals surface area contributed by atoms with Gasteiger partial charge in [-0.15, -0.1) is 0 Å². The molecule has 1 aromatic rings. The van der Waals surface area contributed by atoms with E-state index in [4.69, 9.17) is 10.5 Å². The Balaban J connectivity index is 2.19. The van der Waals surface area contributed by atoms with Gasteiger partial charge in [-0.2, -0.15) is 0 Å². The van der Waals surface area contributed by atoms with Crippen LogP contribution in [0.2, 0.25) is 0 Å². The van der Waals surface area contributed by atoms with Crippen molar-refractivity contribution in [2.45, 2.75) is 24.7 Å². The van der Waals surface area contributed by atoms with Crippen LogP contribution >= 0.6 is 0 Å². The number of hydrogen-bond donors (Lipinski definition) is 3. The third kappa shape index (κ3) is 4.21. The van der Waals surface area contributed by atoms with Crippen LogP contribution in [0.4, 0.5) is 0 Å². The second kappa shape index (κ2) is 6.86. The Morgan fingerprint density at radius 2 is 2.22 bits per heavy atom. The van der Waals surface area contributed by atoms with Crippen molar-refractivity contribution in [3.05, 3.63) is 23.8 Å². The summed E-state index contributed by atoms with van der Waals surface area (Å²) >= 11 is 0. The van der Waals surface area contributed by atoms with Gasteiger partial charge in [-0.3, -0.25) is 4.79 Å². The molecule has 0 saturated carbocycles. The lowest BCUT2D eigenvalue weighted by atomic mass is 9.83. The maximum Gasteiger partial charge on any atom is 0.252 e. The minimum atomic E-state index is -3.72. The number of ether oxygens (including phenoxy) is 1. The van der Waals surface area contributed by atoms with Crippen molar-refractivity contribution >= 4 is 15.9 Å². The molecule has 1 saturated heterocycles. The molecule has 7 nitrogen and oxygen atoms in total. The quantitative estimate of drug-likeness (QED) is 0.696. The molecule has 128 valence electrons. The van der Waals surface area contributed by atoms with E-state index < -0.39 is 15.9 Å². The average Bonchev–Trinajstić information content (AvgIpc) is 2.53. The second-order valence-electron chi connectivity index (χ2n) is 6.14. The van der Waals surface area contributed by atoms with Crippen molar-refractivity contribution in [3.63, 3.8) is 0 Å². The number of nitrogens with one attached hydrogen (secondary N) is 2. The number of primary amides is 1. The van der Waals surface area contributed by atoms with E-state index in [0.29, 0.717) is 6.54 Å². The first-order valence-corrected chi connectivity index (χ1v) is 8.94. The van der Waals surface area contributed by atoms with Gasteiger partial charge in [-0.25, -0.2) is 13.1 Å². The maximum absolute atomic E-state index is 12.5. The molecule has 1 atom stereocenters. The molecule has 1 amide bonds. The van der Waals surface area contributed by atoms with Gasteiger partial charge in [0.05, 0.1) is 17.6 Å². The molecule has 1 heterocycles. The number of sulfonamides is 1. The highest BCUT2D eigenvalue weighted by Crippen LogP contribution is 2.26. The van der Waals surface area contributed by atoms with E-state index in [1.165, 1.54) is 25.3 Å². The zero-order valence-electron chi connectivity index (χ0n) is 13.4. The second-order valence-corrected chi connectivity index (χ2v) is 7.91. The fraction of sp³-hybridized carbons (Fsp3) is 0.533. The maximum atomic E-state index is 12.5. The highest BCUT2D eigenvalue weighted by Gasteiger charge is 2.29. The zero-order chi connectivity index (χ0) is 17.1. The summed E-state index contributed by atoms with van der Waals surface area (Å²) in [6.07, 6.45) is 1.98. The van der Waals surface area contributed by atoms with Crippen molar-refractivity contribution in [2.24, 2.45) is 11.1 Å². The predicted octanol–water partition coefficient (Wildman–Crippen LogP) is 0.462. The van der Waals surface area contributed by atoms with Crippen molar-refractivity contribution in [1.82, 2.24) is 10.0 Å². The largest absolute Gasteiger partial charge is 0.496 e. The molecule has 0 spiro atoms. The van der Waals surface area contributed by atoms with Gasteiger partial charge in [0.2, 0.25) is 10.0 Å². The Morgan fingerprint density at radius 3 is 2.78 bits per heavy atom. The Hall–Kier alpha value is -1.64. The summed E-state index contributed by atoms with van der Waals surface area (Å²) in [6.45, 7) is 4.11. The van der Waals surface area contributed by atoms with Gasteiger partial charge in [-0.1, -0.05) is 6.92 Å². The summed E-state index contributed by atoms with van der Waals surface area (Å²) in [5.74, 6) is -0.484. The van der Waals surface area contributed by atoms with Crippen molar-refractivity contribution in [3.8, 4) is 5.75 Å². The smallest absolute Gasteiger partial charge is 0.252 e. The van der Waals surface area contributed by atoms with E-state index in [1.807, 2.05) is 6.92 Å². The van der Waals surface area contributed by atoms with Crippen molar-refractivity contribution in [2.75, 3.05) is 26.7 Å². The van der Waals surface area contributed by atoms with Crippen LogP contribution in [0.25, 0.3) is 0 Å². The molecule has 1 fully saturated rings. The van der Waals surface area contributed by atoms with Crippen LogP contribution in [0.1, 0.15) is 30.1 Å². The topological polar surface area (TPSA) is 111 Å². The number of nitrogens with two attached hydrogens (primary N) is 1. The summed E-state index contributed by atoms with van der Waals surface area (Å²) in [7, 11) is -2.33. The lowest BCUT2D eigenvalue weighted by Crippen LogP contribution is -2.45. The Morgan fingerprint density at radius 1 is 1.48 bits per heavy atom. The highest BCUT2D eigenvalue weighted by atomic mass is 32.2. The van der Waals surface area contributed by atoms with E-state index in [2.05, 4.69) is 10.0 Å². The molecule has 23 heavy (non-hydrogen) atoms. The van der Waals surface area contributed by atoms with Gasteiger partial charge in [0.1, 0.15) is 5.75 Å². The third-order valence-electron chi connectivity index (χ3n) is 4.12. The van der Waals surface area contributed by atoms with Gasteiger partial charge in [-0.05, 0) is 43.0 Å². The number of piperidine rings is 1. The number of carbonyl (C=O) groups is 1. The fourth-order valence-corrected chi connectivity index (χ4v) is 3.89. The average molecular weight is 341 g/mol. The van der Waals surface area contributed by atoms with E-state index in [0.717, 1.165) is 25.9 Å². The van der Waals surface area contributed by atoms with Gasteiger partial charge >= 0.3 is 0 Å². The van der Waals surface area contributed by atoms with Crippen LogP contribution in [-0.4, -0.2) is 41.1 Å². The summed E-state index contributed by atoms with van der Waals surface area (Å²) in [5.41, 5.74) is 5.19. The minimum Gasteiger partial charge on any atom is -0.496 e. The van der Waals surface area contributed by atoms with Crippen molar-refractivity contribution < 1.29 is 17.9 Å².